The molecule has 5 nitrogen and oxygen atoms in total. The van der Waals surface area contributed by atoms with Crippen LogP contribution in [-0.2, 0) is 20.7 Å². The van der Waals surface area contributed by atoms with Gasteiger partial charge >= 0.3 is 5.97 Å². The van der Waals surface area contributed by atoms with Crippen molar-refractivity contribution in [3.8, 4) is 0 Å². The monoisotopic (exact) mass is 373 g/mol. The Morgan fingerprint density at radius 2 is 2.00 bits per heavy atom. The Morgan fingerprint density at radius 3 is 2.62 bits per heavy atom. The van der Waals surface area contributed by atoms with E-state index in [-0.39, 0.29) is 24.8 Å². The number of benzene rings is 1. The zero-order valence-corrected chi connectivity index (χ0v) is 14.8. The lowest BCUT2D eigenvalue weighted by atomic mass is 9.86. The highest BCUT2D eigenvalue weighted by Crippen LogP contribution is 2.24. The van der Waals surface area contributed by atoms with E-state index in [0.717, 1.165) is 5.56 Å². The first kappa shape index (κ1) is 19.0. The number of carboxylic acids is 1. The molecule has 0 spiro atoms. The van der Waals surface area contributed by atoms with Crippen LogP contribution in [0.15, 0.2) is 18.2 Å². The van der Waals surface area contributed by atoms with E-state index in [1.165, 1.54) is 0 Å². The molecule has 1 fully saturated rings. The molecular formula is C17H21Cl2NO4. The summed E-state index contributed by atoms with van der Waals surface area (Å²) in [6.45, 7) is 1.31. The number of rotatable bonds is 7. The molecule has 132 valence electrons. The minimum Gasteiger partial charge on any atom is -0.481 e. The number of aliphatic carboxylic acids is 1. The van der Waals surface area contributed by atoms with Gasteiger partial charge in [-0.3, -0.25) is 9.59 Å². The number of ether oxygens (including phenoxy) is 1. The molecule has 1 unspecified atom stereocenters. The molecule has 1 aliphatic heterocycles. The molecule has 1 heterocycles. The van der Waals surface area contributed by atoms with Gasteiger partial charge in [0.25, 0.3) is 0 Å². The van der Waals surface area contributed by atoms with Crippen LogP contribution in [0.1, 0.15) is 24.8 Å². The number of hydrogen-bond acceptors (Lipinski definition) is 3. The second-order valence-electron chi connectivity index (χ2n) is 5.93. The predicted octanol–water partition coefficient (Wildman–Crippen LogP) is 3.17. The third-order valence-electron chi connectivity index (χ3n) is 4.31. The number of carbonyl (C=O) groups is 2. The average molecular weight is 374 g/mol. The largest absolute Gasteiger partial charge is 0.481 e. The smallest absolute Gasteiger partial charge is 0.308 e. The summed E-state index contributed by atoms with van der Waals surface area (Å²) in [6, 6.07) is 5.16. The molecule has 2 N–H and O–H groups in total. The zero-order chi connectivity index (χ0) is 17.5. The fraction of sp³-hybridized carbons (Fsp3) is 0.529. The topological polar surface area (TPSA) is 75.6 Å². The second-order valence-corrected chi connectivity index (χ2v) is 6.78. The van der Waals surface area contributed by atoms with Crippen LogP contribution in [0.3, 0.4) is 0 Å². The molecule has 1 saturated heterocycles. The van der Waals surface area contributed by atoms with Crippen LogP contribution in [0, 0.1) is 11.8 Å². The third kappa shape index (κ3) is 5.65. The van der Waals surface area contributed by atoms with Crippen molar-refractivity contribution in [3.05, 3.63) is 33.8 Å². The maximum absolute atomic E-state index is 12.0. The second kappa shape index (κ2) is 9.25. The highest BCUT2D eigenvalue weighted by Gasteiger charge is 2.29. The molecule has 7 heteroatoms. The van der Waals surface area contributed by atoms with Crippen LogP contribution in [-0.4, -0.2) is 36.7 Å². The van der Waals surface area contributed by atoms with Crippen LogP contribution < -0.4 is 5.32 Å². The molecule has 24 heavy (non-hydrogen) atoms. The van der Waals surface area contributed by atoms with Crippen LogP contribution in [0.2, 0.25) is 10.0 Å². The van der Waals surface area contributed by atoms with Gasteiger partial charge in [0.15, 0.2) is 0 Å². The van der Waals surface area contributed by atoms with Crippen molar-refractivity contribution in [2.75, 3.05) is 19.8 Å². The summed E-state index contributed by atoms with van der Waals surface area (Å²) in [5, 5.41) is 13.2. The van der Waals surface area contributed by atoms with Crippen molar-refractivity contribution in [2.45, 2.75) is 25.7 Å². The molecular weight excluding hydrogens is 353 g/mol. The van der Waals surface area contributed by atoms with Crippen LogP contribution in [0.25, 0.3) is 0 Å². The van der Waals surface area contributed by atoms with Crippen LogP contribution in [0.5, 0.6) is 0 Å². The Balaban J connectivity index is 1.81. The summed E-state index contributed by atoms with van der Waals surface area (Å²) < 4.78 is 5.26. The fourth-order valence-corrected chi connectivity index (χ4v) is 3.36. The van der Waals surface area contributed by atoms with Crippen molar-refractivity contribution in [1.82, 2.24) is 5.32 Å². The lowest BCUT2D eigenvalue weighted by molar-refractivity contribution is -0.144. The van der Waals surface area contributed by atoms with Crippen LogP contribution >= 0.6 is 23.2 Å². The number of nitrogens with one attached hydrogen (secondary N) is 1. The van der Waals surface area contributed by atoms with E-state index in [0.29, 0.717) is 42.5 Å². The number of aryl methyl sites for hydroxylation is 1. The van der Waals surface area contributed by atoms with Crippen molar-refractivity contribution in [3.63, 3.8) is 0 Å². The first-order valence-electron chi connectivity index (χ1n) is 7.98. The van der Waals surface area contributed by atoms with E-state index in [4.69, 9.17) is 27.9 Å². The van der Waals surface area contributed by atoms with Crippen molar-refractivity contribution in [2.24, 2.45) is 11.8 Å². The zero-order valence-electron chi connectivity index (χ0n) is 13.3. The summed E-state index contributed by atoms with van der Waals surface area (Å²) in [6.07, 6.45) is 2.17. The maximum Gasteiger partial charge on any atom is 0.308 e. The standard InChI is InChI=1S/C17H21Cl2NO4/c18-13-3-1-12(15(19)9-13)2-4-16(21)20-10-14(17(22)23)11-5-7-24-8-6-11/h1,3,9,11,14H,2,4-8,10H2,(H,20,21)(H,22,23). The molecule has 0 radical (unpaired) electrons. The third-order valence-corrected chi connectivity index (χ3v) is 4.89. The molecule has 1 atom stereocenters. The molecule has 0 aliphatic carbocycles. The molecule has 1 amide bonds. The average Bonchev–Trinajstić information content (AvgIpc) is 2.55. The summed E-state index contributed by atoms with van der Waals surface area (Å²) >= 11 is 11.9. The highest BCUT2D eigenvalue weighted by molar-refractivity contribution is 6.35. The molecule has 0 saturated carbocycles. The van der Waals surface area contributed by atoms with Gasteiger partial charge in [-0.2, -0.15) is 0 Å². The van der Waals surface area contributed by atoms with Gasteiger partial charge in [-0.15, -0.1) is 0 Å². The quantitative estimate of drug-likeness (QED) is 0.769. The molecule has 1 aromatic carbocycles. The van der Waals surface area contributed by atoms with E-state index >= 15 is 0 Å². The molecule has 0 bridgehead atoms. The minimum atomic E-state index is -0.872. The summed E-state index contributed by atoms with van der Waals surface area (Å²) in [7, 11) is 0. The highest BCUT2D eigenvalue weighted by atomic mass is 35.5. The number of hydrogen-bond donors (Lipinski definition) is 2. The van der Waals surface area contributed by atoms with Crippen LogP contribution in [0.4, 0.5) is 0 Å². The molecule has 1 aliphatic rings. The fourth-order valence-electron chi connectivity index (χ4n) is 2.86. The van der Waals surface area contributed by atoms with E-state index in [9.17, 15) is 14.7 Å². The number of carboxylic acid groups (broad SMARTS) is 1. The van der Waals surface area contributed by atoms with Gasteiger partial charge in [-0.25, -0.2) is 0 Å². The lowest BCUT2D eigenvalue weighted by Gasteiger charge is -2.27. The normalized spacial score (nSPS) is 16.6. The summed E-state index contributed by atoms with van der Waals surface area (Å²) in [5.41, 5.74) is 0.843. The summed E-state index contributed by atoms with van der Waals surface area (Å²) in [4.78, 5) is 23.5. The van der Waals surface area contributed by atoms with Gasteiger partial charge in [-0.1, -0.05) is 29.3 Å². The molecule has 1 aromatic rings. The van der Waals surface area contributed by atoms with Gasteiger partial charge in [0.05, 0.1) is 5.92 Å². The number of halogens is 2. The van der Waals surface area contributed by atoms with E-state index < -0.39 is 11.9 Å². The maximum atomic E-state index is 12.0. The predicted molar refractivity (Wildman–Crippen MR) is 92.5 cm³/mol. The van der Waals surface area contributed by atoms with Crippen molar-refractivity contribution in [1.29, 1.82) is 0 Å². The van der Waals surface area contributed by atoms with E-state index in [2.05, 4.69) is 5.32 Å². The van der Waals surface area contributed by atoms with Gasteiger partial charge in [0, 0.05) is 36.2 Å². The Kier molecular flexibility index (Phi) is 7.34. The van der Waals surface area contributed by atoms with Gasteiger partial charge < -0.3 is 15.2 Å². The van der Waals surface area contributed by atoms with Gasteiger partial charge in [-0.05, 0) is 42.9 Å². The molecule has 0 aromatic heterocycles. The SMILES string of the molecule is O=C(CCc1ccc(Cl)cc1Cl)NCC(C(=O)O)C1CCOCC1. The lowest BCUT2D eigenvalue weighted by Crippen LogP contribution is -2.39. The first-order chi connectivity index (χ1) is 11.5. The van der Waals surface area contributed by atoms with E-state index in [1.54, 1.807) is 18.2 Å². The number of amides is 1. The first-order valence-corrected chi connectivity index (χ1v) is 8.74. The summed E-state index contributed by atoms with van der Waals surface area (Å²) in [5.74, 6) is -1.58. The number of carbonyl (C=O) groups excluding carboxylic acids is 1. The Morgan fingerprint density at radius 1 is 1.29 bits per heavy atom. The van der Waals surface area contributed by atoms with Crippen molar-refractivity contribution >= 4 is 35.1 Å². The van der Waals surface area contributed by atoms with E-state index in [1.807, 2.05) is 0 Å². The Bertz CT molecular complexity index is 588. The molecule has 2 rings (SSSR count). The van der Waals surface area contributed by atoms with Gasteiger partial charge in [0.2, 0.25) is 5.91 Å². The minimum absolute atomic E-state index is 0.0438. The van der Waals surface area contributed by atoms with Gasteiger partial charge in [0.1, 0.15) is 0 Å². The Hall–Kier alpha value is -1.30. The van der Waals surface area contributed by atoms with Crippen molar-refractivity contribution < 1.29 is 19.4 Å². The Labute approximate surface area is 151 Å².